The van der Waals surface area contributed by atoms with Gasteiger partial charge in [-0.3, -0.25) is 9.69 Å². The molecule has 4 nitrogen and oxygen atoms in total. The van der Waals surface area contributed by atoms with E-state index in [2.05, 4.69) is 18.7 Å². The van der Waals surface area contributed by atoms with Crippen LogP contribution in [-0.2, 0) is 6.54 Å². The molecule has 0 aromatic carbocycles. The van der Waals surface area contributed by atoms with E-state index in [9.17, 15) is 4.79 Å². The molecule has 0 saturated carbocycles. The lowest BCUT2D eigenvalue weighted by Gasteiger charge is -2.27. The predicted octanol–water partition coefficient (Wildman–Crippen LogP) is 1.55. The van der Waals surface area contributed by atoms with Crippen molar-refractivity contribution in [3.63, 3.8) is 0 Å². The lowest BCUT2D eigenvalue weighted by atomic mass is 10.0. The lowest BCUT2D eigenvalue weighted by molar-refractivity contribution is 0.199. The summed E-state index contributed by atoms with van der Waals surface area (Å²) in [5.74, 6) is 0.685. The minimum absolute atomic E-state index is 0.0319. The minimum atomic E-state index is 0.0319. The molecule has 0 amide bonds. The van der Waals surface area contributed by atoms with Gasteiger partial charge in [-0.15, -0.1) is 0 Å². The number of nitrogens with zero attached hydrogens (tertiary/aromatic N) is 2. The fraction of sp³-hybridized carbons (Fsp3) is 0.643. The highest BCUT2D eigenvalue weighted by molar-refractivity contribution is 5.33. The summed E-state index contributed by atoms with van der Waals surface area (Å²) in [5.41, 5.74) is 6.39. The molecule has 18 heavy (non-hydrogen) atoms. The van der Waals surface area contributed by atoms with Gasteiger partial charge >= 0.3 is 0 Å². The van der Waals surface area contributed by atoms with Crippen LogP contribution in [0, 0.1) is 5.92 Å². The molecule has 2 rings (SSSR count). The van der Waals surface area contributed by atoms with E-state index in [0.29, 0.717) is 17.6 Å². The molecule has 0 radical (unpaired) electrons. The number of likely N-dealkylation sites (tertiary alicyclic amines) is 1. The van der Waals surface area contributed by atoms with Crippen LogP contribution in [0.25, 0.3) is 0 Å². The third kappa shape index (κ3) is 2.93. The molecule has 4 heteroatoms. The van der Waals surface area contributed by atoms with Crippen molar-refractivity contribution in [2.24, 2.45) is 5.92 Å². The van der Waals surface area contributed by atoms with Crippen LogP contribution >= 0.6 is 0 Å². The highest BCUT2D eigenvalue weighted by Gasteiger charge is 2.26. The number of rotatable bonds is 4. The van der Waals surface area contributed by atoms with Crippen molar-refractivity contribution in [2.75, 3.05) is 18.8 Å². The molecule has 0 bridgehead atoms. The monoisotopic (exact) mass is 249 g/mol. The second-order valence-corrected chi connectivity index (χ2v) is 5.48. The van der Waals surface area contributed by atoms with Crippen LogP contribution in [0.15, 0.2) is 23.1 Å². The molecule has 0 aliphatic carbocycles. The van der Waals surface area contributed by atoms with Gasteiger partial charge in [-0.25, -0.2) is 0 Å². The fourth-order valence-corrected chi connectivity index (χ4v) is 2.85. The van der Waals surface area contributed by atoms with Crippen LogP contribution in [0.1, 0.15) is 26.7 Å². The molecule has 2 heterocycles. The zero-order chi connectivity index (χ0) is 13.1. The van der Waals surface area contributed by atoms with Gasteiger partial charge in [-0.1, -0.05) is 13.8 Å². The van der Waals surface area contributed by atoms with E-state index in [4.69, 9.17) is 5.73 Å². The zero-order valence-electron chi connectivity index (χ0n) is 11.3. The van der Waals surface area contributed by atoms with Crippen molar-refractivity contribution in [3.8, 4) is 0 Å². The first-order valence-electron chi connectivity index (χ1n) is 6.78. The van der Waals surface area contributed by atoms with Gasteiger partial charge in [0.2, 0.25) is 0 Å². The van der Waals surface area contributed by atoms with Gasteiger partial charge in [0.1, 0.15) is 0 Å². The van der Waals surface area contributed by atoms with Crippen LogP contribution < -0.4 is 11.3 Å². The first-order chi connectivity index (χ1) is 8.58. The highest BCUT2D eigenvalue weighted by atomic mass is 16.1. The van der Waals surface area contributed by atoms with Crippen LogP contribution in [0.2, 0.25) is 0 Å². The number of hydrogen-bond acceptors (Lipinski definition) is 3. The second-order valence-electron chi connectivity index (χ2n) is 5.48. The van der Waals surface area contributed by atoms with Crippen LogP contribution in [-0.4, -0.2) is 28.6 Å². The van der Waals surface area contributed by atoms with Crippen LogP contribution in [0.3, 0.4) is 0 Å². The lowest BCUT2D eigenvalue weighted by Crippen LogP contribution is -2.37. The molecule has 1 aliphatic heterocycles. The molecule has 1 unspecified atom stereocenters. The summed E-state index contributed by atoms with van der Waals surface area (Å²) >= 11 is 0. The Balaban J connectivity index is 1.99. The average Bonchev–Trinajstić information content (AvgIpc) is 2.79. The smallest absolute Gasteiger partial charge is 0.250 e. The van der Waals surface area contributed by atoms with Gasteiger partial charge in [-0.05, 0) is 31.4 Å². The Labute approximate surface area is 108 Å². The third-order valence-electron chi connectivity index (χ3n) is 3.82. The molecule has 0 spiro atoms. The van der Waals surface area contributed by atoms with Gasteiger partial charge in [0.05, 0.1) is 0 Å². The highest BCUT2D eigenvalue weighted by Crippen LogP contribution is 2.23. The van der Waals surface area contributed by atoms with Crippen molar-refractivity contribution >= 4 is 5.69 Å². The normalized spacial score (nSPS) is 20.7. The van der Waals surface area contributed by atoms with E-state index in [1.807, 2.05) is 0 Å². The molecule has 1 aliphatic rings. The molecular weight excluding hydrogens is 226 g/mol. The quantitative estimate of drug-likeness (QED) is 0.881. The van der Waals surface area contributed by atoms with Gasteiger partial charge in [-0.2, -0.15) is 0 Å². The molecule has 1 aromatic heterocycles. The molecule has 2 N–H and O–H groups in total. The topological polar surface area (TPSA) is 51.3 Å². The first-order valence-corrected chi connectivity index (χ1v) is 6.78. The number of aromatic nitrogens is 1. The first kappa shape index (κ1) is 13.1. The summed E-state index contributed by atoms with van der Waals surface area (Å²) in [6, 6.07) is 3.87. The Morgan fingerprint density at radius 3 is 2.89 bits per heavy atom. The fourth-order valence-electron chi connectivity index (χ4n) is 2.85. The molecule has 1 saturated heterocycles. The van der Waals surface area contributed by atoms with Crippen LogP contribution in [0.5, 0.6) is 0 Å². The maximum Gasteiger partial charge on any atom is 0.250 e. The Morgan fingerprint density at radius 1 is 1.39 bits per heavy atom. The second kappa shape index (κ2) is 5.57. The van der Waals surface area contributed by atoms with Gasteiger partial charge in [0.15, 0.2) is 0 Å². The summed E-state index contributed by atoms with van der Waals surface area (Å²) in [4.78, 5) is 14.2. The van der Waals surface area contributed by atoms with E-state index in [0.717, 1.165) is 19.6 Å². The minimum Gasteiger partial charge on any atom is -0.398 e. The van der Waals surface area contributed by atoms with E-state index < -0.39 is 0 Å². The van der Waals surface area contributed by atoms with E-state index in [1.165, 1.54) is 12.8 Å². The van der Waals surface area contributed by atoms with E-state index >= 15 is 0 Å². The van der Waals surface area contributed by atoms with Crippen molar-refractivity contribution in [1.82, 2.24) is 9.47 Å². The Kier molecular flexibility index (Phi) is 4.07. The number of nitrogen functional groups attached to an aromatic ring is 1. The van der Waals surface area contributed by atoms with Gasteiger partial charge in [0.25, 0.3) is 5.56 Å². The zero-order valence-corrected chi connectivity index (χ0v) is 11.3. The average molecular weight is 249 g/mol. The molecule has 100 valence electrons. The number of hydrogen-bond donors (Lipinski definition) is 1. The Bertz CT molecular complexity index is 453. The van der Waals surface area contributed by atoms with Crippen molar-refractivity contribution in [2.45, 2.75) is 39.3 Å². The van der Waals surface area contributed by atoms with Gasteiger partial charge in [0, 0.05) is 37.1 Å². The standard InChI is InChI=1S/C14H23N3O/c1-11(2)13-4-3-7-16(13)8-9-17-10-12(15)5-6-14(17)18/h5-6,10-11,13H,3-4,7-9,15H2,1-2H3. The maximum atomic E-state index is 11.7. The maximum absolute atomic E-state index is 11.7. The Morgan fingerprint density at radius 2 is 2.17 bits per heavy atom. The third-order valence-corrected chi connectivity index (χ3v) is 3.82. The van der Waals surface area contributed by atoms with E-state index in [1.54, 1.807) is 22.9 Å². The SMILES string of the molecule is CC(C)C1CCCN1CCn1cc(N)ccc1=O. The van der Waals surface area contributed by atoms with E-state index in [-0.39, 0.29) is 5.56 Å². The Hall–Kier alpha value is -1.29. The predicted molar refractivity (Wildman–Crippen MR) is 74.5 cm³/mol. The number of pyridine rings is 1. The summed E-state index contributed by atoms with van der Waals surface area (Å²) < 4.78 is 1.71. The van der Waals surface area contributed by atoms with Crippen molar-refractivity contribution in [3.05, 3.63) is 28.7 Å². The number of anilines is 1. The molecule has 1 fully saturated rings. The van der Waals surface area contributed by atoms with Crippen molar-refractivity contribution in [1.29, 1.82) is 0 Å². The summed E-state index contributed by atoms with van der Waals surface area (Å²) in [7, 11) is 0. The summed E-state index contributed by atoms with van der Waals surface area (Å²) in [5, 5.41) is 0. The summed E-state index contributed by atoms with van der Waals surface area (Å²) in [6.45, 7) is 7.37. The number of nitrogens with two attached hydrogens (primary N) is 1. The van der Waals surface area contributed by atoms with Crippen LogP contribution in [0.4, 0.5) is 5.69 Å². The van der Waals surface area contributed by atoms with Crippen molar-refractivity contribution < 1.29 is 0 Å². The largest absolute Gasteiger partial charge is 0.398 e. The molecule has 1 atom stereocenters. The molecular formula is C14H23N3O. The molecule has 1 aromatic rings. The summed E-state index contributed by atoms with van der Waals surface area (Å²) in [6.07, 6.45) is 4.29. The van der Waals surface area contributed by atoms with Gasteiger partial charge < -0.3 is 10.3 Å².